The van der Waals surface area contributed by atoms with Gasteiger partial charge in [0, 0.05) is 63.7 Å². The van der Waals surface area contributed by atoms with Crippen molar-refractivity contribution in [3.63, 3.8) is 0 Å². The van der Waals surface area contributed by atoms with Gasteiger partial charge in [-0.05, 0) is 38.2 Å². The number of amides is 1. The first-order chi connectivity index (χ1) is 11.7. The van der Waals surface area contributed by atoms with Gasteiger partial charge in [0.05, 0.1) is 6.61 Å². The monoisotopic (exact) mass is 332 g/mol. The van der Waals surface area contributed by atoms with Crippen LogP contribution in [0.15, 0.2) is 24.3 Å². The first-order valence-electron chi connectivity index (χ1n) is 8.87. The Hall–Kier alpha value is -1.95. The molecule has 2 saturated heterocycles. The topological polar surface area (TPSA) is 39.3 Å². The smallest absolute Gasteiger partial charge is 0.409 e. The minimum Gasteiger partial charge on any atom is -0.450 e. The van der Waals surface area contributed by atoms with Gasteiger partial charge in [0.15, 0.2) is 0 Å². The number of nitrogens with zero attached hydrogens (tertiary/aromatic N) is 4. The van der Waals surface area contributed by atoms with Gasteiger partial charge < -0.3 is 24.3 Å². The lowest BCUT2D eigenvalue weighted by molar-refractivity contribution is 0.105. The normalized spacial score (nSPS) is 19.5. The summed E-state index contributed by atoms with van der Waals surface area (Å²) in [4.78, 5) is 20.7. The molecule has 0 aliphatic carbocycles. The van der Waals surface area contributed by atoms with Crippen LogP contribution in [0, 0.1) is 0 Å². The predicted molar refractivity (Wildman–Crippen MR) is 97.0 cm³/mol. The van der Waals surface area contributed by atoms with Crippen LogP contribution in [0.3, 0.4) is 0 Å². The molecule has 0 aromatic heterocycles. The second-order valence-electron chi connectivity index (χ2n) is 6.48. The number of rotatable bonds is 3. The Bertz CT molecular complexity index is 532. The van der Waals surface area contributed by atoms with Crippen LogP contribution in [0.5, 0.6) is 0 Å². The zero-order valence-electron chi connectivity index (χ0n) is 14.8. The largest absolute Gasteiger partial charge is 0.450 e. The number of anilines is 2. The van der Waals surface area contributed by atoms with Crippen molar-refractivity contribution in [3.8, 4) is 0 Å². The van der Waals surface area contributed by atoms with E-state index in [2.05, 4.69) is 46.0 Å². The number of carbonyl (C=O) groups excluding carboxylic acids is 1. The molecule has 1 aromatic rings. The fraction of sp³-hybridized carbons (Fsp3) is 0.611. The molecule has 3 rings (SSSR count). The maximum absolute atomic E-state index is 11.8. The number of likely N-dealkylation sites (N-methyl/N-ethyl adjacent to an activating group) is 1. The Labute approximate surface area is 144 Å². The molecule has 1 amide bonds. The Morgan fingerprint density at radius 1 is 0.875 bits per heavy atom. The lowest BCUT2D eigenvalue weighted by atomic mass is 10.2. The fourth-order valence-corrected chi connectivity index (χ4v) is 3.30. The van der Waals surface area contributed by atoms with Crippen molar-refractivity contribution >= 4 is 17.5 Å². The average Bonchev–Trinajstić information content (AvgIpc) is 2.63. The third-order valence-electron chi connectivity index (χ3n) is 4.89. The lowest BCUT2D eigenvalue weighted by Gasteiger charge is -2.36. The van der Waals surface area contributed by atoms with Crippen LogP contribution in [0.1, 0.15) is 6.92 Å². The van der Waals surface area contributed by atoms with Crippen LogP contribution in [-0.4, -0.2) is 81.9 Å². The van der Waals surface area contributed by atoms with E-state index in [1.807, 2.05) is 6.92 Å². The van der Waals surface area contributed by atoms with E-state index < -0.39 is 0 Å². The molecule has 0 atom stereocenters. The molecule has 0 unspecified atom stereocenters. The summed E-state index contributed by atoms with van der Waals surface area (Å²) in [5.74, 6) is 0. The number of ether oxygens (including phenoxy) is 1. The van der Waals surface area contributed by atoms with Gasteiger partial charge in [-0.1, -0.05) is 0 Å². The molecule has 2 aliphatic heterocycles. The molecule has 1 aromatic carbocycles. The second-order valence-corrected chi connectivity index (χ2v) is 6.48. The zero-order chi connectivity index (χ0) is 16.9. The molecule has 6 nitrogen and oxygen atoms in total. The Morgan fingerprint density at radius 3 is 1.79 bits per heavy atom. The van der Waals surface area contributed by atoms with Crippen molar-refractivity contribution in [3.05, 3.63) is 24.3 Å². The third-order valence-corrected chi connectivity index (χ3v) is 4.89. The van der Waals surface area contributed by atoms with E-state index in [-0.39, 0.29) is 6.09 Å². The average molecular weight is 332 g/mol. The standard InChI is InChI=1S/C18H28N4O2/c1-3-24-18(23)22-14-12-21(13-15-22)17-6-4-16(5-7-17)20-10-8-19(2)9-11-20/h4-7H,3,8-15H2,1-2H3. The van der Waals surface area contributed by atoms with E-state index in [0.29, 0.717) is 6.61 Å². The molecule has 24 heavy (non-hydrogen) atoms. The van der Waals surface area contributed by atoms with Gasteiger partial charge in [-0.15, -0.1) is 0 Å². The fourth-order valence-electron chi connectivity index (χ4n) is 3.30. The number of carbonyl (C=O) groups is 1. The van der Waals surface area contributed by atoms with Crippen molar-refractivity contribution in [2.45, 2.75) is 6.92 Å². The molecular weight excluding hydrogens is 304 g/mol. The van der Waals surface area contributed by atoms with E-state index in [4.69, 9.17) is 4.74 Å². The SMILES string of the molecule is CCOC(=O)N1CCN(c2ccc(N3CCN(C)CC3)cc2)CC1. The molecule has 0 saturated carbocycles. The van der Waals surface area contributed by atoms with Crippen molar-refractivity contribution < 1.29 is 9.53 Å². The number of piperazine rings is 2. The third kappa shape index (κ3) is 3.93. The van der Waals surface area contributed by atoms with Crippen molar-refractivity contribution in [1.82, 2.24) is 9.80 Å². The highest BCUT2D eigenvalue weighted by Gasteiger charge is 2.22. The molecular formula is C18H28N4O2. The summed E-state index contributed by atoms with van der Waals surface area (Å²) in [6.07, 6.45) is -0.192. The van der Waals surface area contributed by atoms with Gasteiger partial charge in [0.2, 0.25) is 0 Å². The molecule has 0 spiro atoms. The molecule has 0 bridgehead atoms. The predicted octanol–water partition coefficient (Wildman–Crippen LogP) is 1.72. The first kappa shape index (κ1) is 16.9. The van der Waals surface area contributed by atoms with Gasteiger partial charge in [-0.25, -0.2) is 4.79 Å². The van der Waals surface area contributed by atoms with Gasteiger partial charge in [-0.3, -0.25) is 0 Å². The molecule has 2 heterocycles. The van der Waals surface area contributed by atoms with Crippen LogP contribution in [0.25, 0.3) is 0 Å². The summed E-state index contributed by atoms with van der Waals surface area (Å²) in [7, 11) is 2.18. The van der Waals surface area contributed by atoms with Crippen LogP contribution in [0.2, 0.25) is 0 Å². The van der Waals surface area contributed by atoms with E-state index >= 15 is 0 Å². The van der Waals surface area contributed by atoms with Crippen LogP contribution >= 0.6 is 0 Å². The number of hydrogen-bond acceptors (Lipinski definition) is 5. The Morgan fingerprint density at radius 2 is 1.33 bits per heavy atom. The molecule has 132 valence electrons. The Balaban J connectivity index is 1.54. The maximum atomic E-state index is 11.8. The number of benzene rings is 1. The van der Waals surface area contributed by atoms with E-state index in [1.54, 1.807) is 4.90 Å². The van der Waals surface area contributed by atoms with E-state index in [0.717, 1.165) is 52.4 Å². The van der Waals surface area contributed by atoms with Gasteiger partial charge in [0.25, 0.3) is 0 Å². The highest BCUT2D eigenvalue weighted by Crippen LogP contribution is 2.23. The molecule has 0 radical (unpaired) electrons. The number of hydrogen-bond donors (Lipinski definition) is 0. The van der Waals surface area contributed by atoms with Gasteiger partial charge >= 0.3 is 6.09 Å². The van der Waals surface area contributed by atoms with E-state index in [1.165, 1.54) is 11.4 Å². The molecule has 2 fully saturated rings. The van der Waals surface area contributed by atoms with Crippen molar-refractivity contribution in [2.75, 3.05) is 75.8 Å². The minimum absolute atomic E-state index is 0.192. The zero-order valence-corrected chi connectivity index (χ0v) is 14.8. The highest BCUT2D eigenvalue weighted by atomic mass is 16.6. The Kier molecular flexibility index (Phi) is 5.45. The molecule has 0 N–H and O–H groups in total. The van der Waals surface area contributed by atoms with Crippen molar-refractivity contribution in [2.24, 2.45) is 0 Å². The summed E-state index contributed by atoms with van der Waals surface area (Å²) in [5.41, 5.74) is 2.54. The summed E-state index contributed by atoms with van der Waals surface area (Å²) in [6.45, 7) is 9.86. The molecule has 2 aliphatic rings. The maximum Gasteiger partial charge on any atom is 0.409 e. The highest BCUT2D eigenvalue weighted by molar-refractivity contribution is 5.68. The second kappa shape index (κ2) is 7.75. The lowest BCUT2D eigenvalue weighted by Crippen LogP contribution is -2.49. The summed E-state index contributed by atoms with van der Waals surface area (Å²) < 4.78 is 5.07. The van der Waals surface area contributed by atoms with Gasteiger partial charge in [-0.2, -0.15) is 0 Å². The first-order valence-corrected chi connectivity index (χ1v) is 8.87. The van der Waals surface area contributed by atoms with Gasteiger partial charge in [0.1, 0.15) is 0 Å². The molecule has 6 heteroatoms. The van der Waals surface area contributed by atoms with Crippen LogP contribution in [0.4, 0.5) is 16.2 Å². The van der Waals surface area contributed by atoms with Crippen LogP contribution in [-0.2, 0) is 4.74 Å². The van der Waals surface area contributed by atoms with E-state index in [9.17, 15) is 4.79 Å². The summed E-state index contributed by atoms with van der Waals surface area (Å²) in [6, 6.07) is 8.85. The quantitative estimate of drug-likeness (QED) is 0.843. The summed E-state index contributed by atoms with van der Waals surface area (Å²) in [5, 5.41) is 0. The summed E-state index contributed by atoms with van der Waals surface area (Å²) >= 11 is 0. The van der Waals surface area contributed by atoms with Crippen LogP contribution < -0.4 is 9.80 Å². The van der Waals surface area contributed by atoms with Crippen molar-refractivity contribution in [1.29, 1.82) is 0 Å². The minimum atomic E-state index is -0.192.